The Morgan fingerprint density at radius 3 is 2.53 bits per heavy atom. The first kappa shape index (κ1) is 14.4. The Morgan fingerprint density at radius 1 is 1.16 bits per heavy atom. The minimum absolute atomic E-state index is 0.920. The Hall–Kier alpha value is -0.970. The van der Waals surface area contributed by atoms with Crippen molar-refractivity contribution >= 4 is 0 Å². The van der Waals surface area contributed by atoms with Crippen LogP contribution in [0.4, 0.5) is 0 Å². The van der Waals surface area contributed by atoms with E-state index in [1.807, 2.05) is 18.5 Å². The number of pyridine rings is 1. The lowest BCUT2D eigenvalue weighted by atomic mass is 10.3. The van der Waals surface area contributed by atoms with Crippen molar-refractivity contribution in [3.63, 3.8) is 0 Å². The predicted molar refractivity (Wildman–Crippen MR) is 79.1 cm³/mol. The maximum atomic E-state index is 4.12. The van der Waals surface area contributed by atoms with E-state index in [1.54, 1.807) is 0 Å². The number of rotatable bonds is 7. The lowest BCUT2D eigenvalue weighted by Crippen LogP contribution is -2.48. The highest BCUT2D eigenvalue weighted by Gasteiger charge is 2.14. The zero-order valence-electron chi connectivity index (χ0n) is 12.0. The molecule has 4 heteroatoms. The van der Waals surface area contributed by atoms with Gasteiger partial charge in [0.05, 0.1) is 0 Å². The summed E-state index contributed by atoms with van der Waals surface area (Å²) < 4.78 is 0. The molecule has 1 aromatic heterocycles. The summed E-state index contributed by atoms with van der Waals surface area (Å²) in [4.78, 5) is 9.25. The van der Waals surface area contributed by atoms with E-state index in [0.717, 1.165) is 19.6 Å². The minimum Gasteiger partial charge on any atom is -0.311 e. The van der Waals surface area contributed by atoms with Crippen LogP contribution in [0.15, 0.2) is 24.5 Å². The molecule has 0 amide bonds. The zero-order valence-corrected chi connectivity index (χ0v) is 12.0. The molecular formula is C15H26N4. The maximum Gasteiger partial charge on any atom is 0.0312 e. The van der Waals surface area contributed by atoms with Crippen LogP contribution in [0.25, 0.3) is 0 Å². The second-order valence-electron chi connectivity index (χ2n) is 5.22. The maximum absolute atomic E-state index is 4.12. The lowest BCUT2D eigenvalue weighted by Gasteiger charge is -2.34. The van der Waals surface area contributed by atoms with Crippen molar-refractivity contribution < 1.29 is 0 Å². The smallest absolute Gasteiger partial charge is 0.0312 e. The first-order valence-corrected chi connectivity index (χ1v) is 7.43. The lowest BCUT2D eigenvalue weighted by molar-refractivity contribution is 0.133. The second kappa shape index (κ2) is 8.25. The van der Waals surface area contributed by atoms with Crippen molar-refractivity contribution in [3.05, 3.63) is 30.1 Å². The van der Waals surface area contributed by atoms with Crippen LogP contribution in [0.1, 0.15) is 18.9 Å². The Kier molecular flexibility index (Phi) is 6.27. The molecule has 106 valence electrons. The number of aromatic nitrogens is 1. The molecule has 1 fully saturated rings. The quantitative estimate of drug-likeness (QED) is 0.748. The van der Waals surface area contributed by atoms with Crippen LogP contribution < -0.4 is 5.32 Å². The van der Waals surface area contributed by atoms with Gasteiger partial charge in [0.1, 0.15) is 0 Å². The van der Waals surface area contributed by atoms with E-state index in [4.69, 9.17) is 0 Å². The fourth-order valence-corrected chi connectivity index (χ4v) is 2.53. The van der Waals surface area contributed by atoms with Gasteiger partial charge in [0.25, 0.3) is 0 Å². The van der Waals surface area contributed by atoms with Crippen molar-refractivity contribution in [1.29, 1.82) is 0 Å². The van der Waals surface area contributed by atoms with Crippen LogP contribution in [0.2, 0.25) is 0 Å². The van der Waals surface area contributed by atoms with Gasteiger partial charge in [-0.05, 0) is 24.6 Å². The summed E-state index contributed by atoms with van der Waals surface area (Å²) in [7, 11) is 0. The van der Waals surface area contributed by atoms with Crippen LogP contribution in [0.3, 0.4) is 0 Å². The molecule has 0 unspecified atom stereocenters. The van der Waals surface area contributed by atoms with Gasteiger partial charge in [0.2, 0.25) is 0 Å². The fraction of sp³-hybridized carbons (Fsp3) is 0.667. The van der Waals surface area contributed by atoms with E-state index in [9.17, 15) is 0 Å². The van der Waals surface area contributed by atoms with Gasteiger partial charge in [-0.3, -0.25) is 9.88 Å². The second-order valence-corrected chi connectivity index (χ2v) is 5.22. The van der Waals surface area contributed by atoms with Gasteiger partial charge in [0.15, 0.2) is 0 Å². The van der Waals surface area contributed by atoms with Crippen molar-refractivity contribution in [3.8, 4) is 0 Å². The van der Waals surface area contributed by atoms with Crippen molar-refractivity contribution in [2.75, 3.05) is 45.8 Å². The zero-order chi connectivity index (χ0) is 13.3. The molecule has 1 N–H and O–H groups in total. The SMILES string of the molecule is CCCN1CCN(CCNCc2cccnc2)CC1. The van der Waals surface area contributed by atoms with Crippen LogP contribution in [-0.2, 0) is 6.54 Å². The number of hydrogen-bond acceptors (Lipinski definition) is 4. The molecule has 1 aliphatic rings. The number of nitrogens with zero attached hydrogens (tertiary/aromatic N) is 3. The monoisotopic (exact) mass is 262 g/mol. The Bertz CT molecular complexity index is 333. The molecular weight excluding hydrogens is 236 g/mol. The van der Waals surface area contributed by atoms with E-state index < -0.39 is 0 Å². The van der Waals surface area contributed by atoms with Crippen LogP contribution in [-0.4, -0.2) is 60.6 Å². The molecule has 0 saturated carbocycles. The van der Waals surface area contributed by atoms with E-state index in [0.29, 0.717) is 0 Å². The van der Waals surface area contributed by atoms with Gasteiger partial charge < -0.3 is 10.2 Å². The van der Waals surface area contributed by atoms with Gasteiger partial charge in [-0.15, -0.1) is 0 Å². The van der Waals surface area contributed by atoms with Crippen LogP contribution >= 0.6 is 0 Å². The molecule has 0 bridgehead atoms. The molecule has 2 heterocycles. The summed E-state index contributed by atoms with van der Waals surface area (Å²) in [5.41, 5.74) is 1.26. The highest BCUT2D eigenvalue weighted by atomic mass is 15.3. The molecule has 4 nitrogen and oxygen atoms in total. The third-order valence-corrected chi connectivity index (χ3v) is 3.66. The highest BCUT2D eigenvalue weighted by Crippen LogP contribution is 2.01. The molecule has 0 aromatic carbocycles. The Balaban J connectivity index is 1.55. The van der Waals surface area contributed by atoms with Gasteiger partial charge in [-0.25, -0.2) is 0 Å². The van der Waals surface area contributed by atoms with Crippen molar-refractivity contribution in [2.24, 2.45) is 0 Å². The molecule has 0 atom stereocenters. The van der Waals surface area contributed by atoms with Crippen LogP contribution in [0, 0.1) is 0 Å². The molecule has 19 heavy (non-hydrogen) atoms. The molecule has 1 aromatic rings. The van der Waals surface area contributed by atoms with Gasteiger partial charge in [-0.2, -0.15) is 0 Å². The average molecular weight is 262 g/mol. The minimum atomic E-state index is 0.920. The molecule has 0 aliphatic carbocycles. The van der Waals surface area contributed by atoms with E-state index >= 15 is 0 Å². The number of piperazine rings is 1. The molecule has 1 saturated heterocycles. The summed E-state index contributed by atoms with van der Waals surface area (Å²) in [5.74, 6) is 0. The number of hydrogen-bond donors (Lipinski definition) is 1. The van der Waals surface area contributed by atoms with E-state index in [-0.39, 0.29) is 0 Å². The first-order chi connectivity index (χ1) is 9.38. The molecule has 2 rings (SSSR count). The Morgan fingerprint density at radius 2 is 1.89 bits per heavy atom. The standard InChI is InChI=1S/C15H26N4/c1-2-7-18-9-11-19(12-10-18)8-6-17-14-15-4-3-5-16-13-15/h3-5,13,17H,2,6-12,14H2,1H3. The largest absolute Gasteiger partial charge is 0.311 e. The predicted octanol–water partition coefficient (Wildman–Crippen LogP) is 1.20. The molecule has 0 spiro atoms. The summed E-state index contributed by atoms with van der Waals surface area (Å²) in [6.07, 6.45) is 5.02. The first-order valence-electron chi connectivity index (χ1n) is 7.43. The van der Waals surface area contributed by atoms with E-state index in [2.05, 4.69) is 33.1 Å². The summed E-state index contributed by atoms with van der Waals surface area (Å²) in [6.45, 7) is 11.5. The van der Waals surface area contributed by atoms with Crippen molar-refractivity contribution in [1.82, 2.24) is 20.1 Å². The fourth-order valence-electron chi connectivity index (χ4n) is 2.53. The van der Waals surface area contributed by atoms with E-state index in [1.165, 1.54) is 44.7 Å². The summed E-state index contributed by atoms with van der Waals surface area (Å²) >= 11 is 0. The third-order valence-electron chi connectivity index (χ3n) is 3.66. The molecule has 0 radical (unpaired) electrons. The van der Waals surface area contributed by atoms with Gasteiger partial charge >= 0.3 is 0 Å². The number of nitrogens with one attached hydrogen (secondary N) is 1. The Labute approximate surface area is 116 Å². The normalized spacial score (nSPS) is 17.7. The molecule has 1 aliphatic heterocycles. The van der Waals surface area contributed by atoms with Gasteiger partial charge in [-0.1, -0.05) is 13.0 Å². The third kappa shape index (κ3) is 5.27. The van der Waals surface area contributed by atoms with Crippen LogP contribution in [0.5, 0.6) is 0 Å². The van der Waals surface area contributed by atoms with Gasteiger partial charge in [0, 0.05) is 58.2 Å². The average Bonchev–Trinajstić information content (AvgIpc) is 2.47. The summed E-state index contributed by atoms with van der Waals surface area (Å²) in [5, 5.41) is 3.49. The highest BCUT2D eigenvalue weighted by molar-refractivity contribution is 5.07. The topological polar surface area (TPSA) is 31.4 Å². The summed E-state index contributed by atoms with van der Waals surface area (Å²) in [6, 6.07) is 4.10. The van der Waals surface area contributed by atoms with Crippen molar-refractivity contribution in [2.45, 2.75) is 19.9 Å².